The van der Waals surface area contributed by atoms with E-state index in [1.807, 2.05) is 25.9 Å². The summed E-state index contributed by atoms with van der Waals surface area (Å²) >= 11 is 1.46. The third kappa shape index (κ3) is 3.58. The van der Waals surface area contributed by atoms with Crippen molar-refractivity contribution in [2.75, 3.05) is 14.1 Å². The SMILES string of the molecule is Cc1ccc(-c2nc(C)c(C(=O)C=CN(C)C)s2)c(C)c1. The lowest BCUT2D eigenvalue weighted by molar-refractivity contribution is 0.104. The van der Waals surface area contributed by atoms with Gasteiger partial charge in [0.25, 0.3) is 0 Å². The highest BCUT2D eigenvalue weighted by Crippen LogP contribution is 2.31. The fourth-order valence-corrected chi connectivity index (χ4v) is 3.16. The Balaban J connectivity index is 2.37. The molecule has 0 aliphatic heterocycles. The molecule has 0 aliphatic rings. The van der Waals surface area contributed by atoms with Gasteiger partial charge in [-0.05, 0) is 26.3 Å². The molecule has 2 rings (SSSR count). The Morgan fingerprint density at radius 2 is 1.95 bits per heavy atom. The average molecular weight is 300 g/mol. The molecule has 0 aliphatic carbocycles. The summed E-state index contributed by atoms with van der Waals surface area (Å²) in [6, 6.07) is 6.29. The molecule has 2 aromatic rings. The smallest absolute Gasteiger partial charge is 0.199 e. The summed E-state index contributed by atoms with van der Waals surface area (Å²) in [7, 11) is 3.79. The molecular formula is C17H20N2OS. The molecule has 0 amide bonds. The molecule has 21 heavy (non-hydrogen) atoms. The maximum absolute atomic E-state index is 12.2. The monoisotopic (exact) mass is 300 g/mol. The maximum Gasteiger partial charge on any atom is 0.199 e. The van der Waals surface area contributed by atoms with Crippen LogP contribution in [-0.4, -0.2) is 29.8 Å². The van der Waals surface area contributed by atoms with Gasteiger partial charge in [-0.3, -0.25) is 4.79 Å². The first kappa shape index (κ1) is 15.4. The van der Waals surface area contributed by atoms with Crippen LogP contribution in [-0.2, 0) is 0 Å². The fraction of sp³-hybridized carbons (Fsp3) is 0.294. The van der Waals surface area contributed by atoms with Crippen LogP contribution in [0.25, 0.3) is 10.6 Å². The molecule has 0 unspecified atom stereocenters. The second-order valence-electron chi connectivity index (χ2n) is 5.40. The molecule has 0 bridgehead atoms. The summed E-state index contributed by atoms with van der Waals surface area (Å²) in [5.41, 5.74) is 4.31. The van der Waals surface area contributed by atoms with Gasteiger partial charge in [-0.25, -0.2) is 4.98 Å². The van der Waals surface area contributed by atoms with Gasteiger partial charge in [0.15, 0.2) is 5.78 Å². The van der Waals surface area contributed by atoms with Gasteiger partial charge < -0.3 is 4.90 Å². The van der Waals surface area contributed by atoms with Crippen molar-refractivity contribution in [1.29, 1.82) is 0 Å². The Morgan fingerprint density at radius 3 is 2.57 bits per heavy atom. The van der Waals surface area contributed by atoms with Gasteiger partial charge in [-0.1, -0.05) is 23.8 Å². The Morgan fingerprint density at radius 1 is 1.24 bits per heavy atom. The molecule has 4 heteroatoms. The number of hydrogen-bond donors (Lipinski definition) is 0. The molecule has 0 atom stereocenters. The van der Waals surface area contributed by atoms with E-state index < -0.39 is 0 Å². The minimum atomic E-state index is 0.00900. The van der Waals surface area contributed by atoms with E-state index in [1.54, 1.807) is 12.3 Å². The minimum Gasteiger partial charge on any atom is -0.383 e. The van der Waals surface area contributed by atoms with Crippen molar-refractivity contribution in [2.24, 2.45) is 0 Å². The molecule has 110 valence electrons. The van der Waals surface area contributed by atoms with Crippen molar-refractivity contribution in [3.05, 3.63) is 52.2 Å². The maximum atomic E-state index is 12.2. The summed E-state index contributed by atoms with van der Waals surface area (Å²) in [5, 5.41) is 0.909. The quantitative estimate of drug-likeness (QED) is 0.632. The van der Waals surface area contributed by atoms with Crippen LogP contribution in [0.1, 0.15) is 26.5 Å². The normalized spacial score (nSPS) is 11.1. The summed E-state index contributed by atoms with van der Waals surface area (Å²) in [6.45, 7) is 6.04. The van der Waals surface area contributed by atoms with E-state index in [0.29, 0.717) is 4.88 Å². The predicted octanol–water partition coefficient (Wildman–Crippen LogP) is 3.99. The van der Waals surface area contributed by atoms with Crippen molar-refractivity contribution < 1.29 is 4.79 Å². The second-order valence-corrected chi connectivity index (χ2v) is 6.39. The third-order valence-corrected chi connectivity index (χ3v) is 4.36. The number of nitrogens with zero attached hydrogens (tertiary/aromatic N) is 2. The molecule has 0 spiro atoms. The molecule has 1 aromatic heterocycles. The van der Waals surface area contributed by atoms with Gasteiger partial charge >= 0.3 is 0 Å². The van der Waals surface area contributed by atoms with Crippen LogP contribution in [0.4, 0.5) is 0 Å². The summed E-state index contributed by atoms with van der Waals surface area (Å²) in [5.74, 6) is 0.00900. The zero-order valence-electron chi connectivity index (χ0n) is 13.1. The number of aryl methyl sites for hydroxylation is 3. The Bertz CT molecular complexity index is 699. The first-order valence-corrected chi connectivity index (χ1v) is 7.64. The third-order valence-electron chi connectivity index (χ3n) is 3.16. The van der Waals surface area contributed by atoms with Gasteiger partial charge in [-0.15, -0.1) is 11.3 Å². The van der Waals surface area contributed by atoms with E-state index in [0.717, 1.165) is 16.3 Å². The van der Waals surface area contributed by atoms with E-state index in [1.165, 1.54) is 22.5 Å². The zero-order valence-corrected chi connectivity index (χ0v) is 13.9. The molecule has 0 saturated carbocycles. The van der Waals surface area contributed by atoms with Crippen molar-refractivity contribution in [3.8, 4) is 10.6 Å². The Hall–Kier alpha value is -1.94. The first-order chi connectivity index (χ1) is 9.88. The van der Waals surface area contributed by atoms with Gasteiger partial charge in [0.1, 0.15) is 5.01 Å². The van der Waals surface area contributed by atoms with Crippen LogP contribution in [0.15, 0.2) is 30.5 Å². The zero-order chi connectivity index (χ0) is 15.6. The number of ketones is 1. The largest absolute Gasteiger partial charge is 0.383 e. The van der Waals surface area contributed by atoms with E-state index in [-0.39, 0.29) is 5.78 Å². The fourth-order valence-electron chi connectivity index (χ4n) is 2.09. The van der Waals surface area contributed by atoms with Crippen LogP contribution in [0.5, 0.6) is 0 Å². The number of hydrogen-bond acceptors (Lipinski definition) is 4. The van der Waals surface area contributed by atoms with E-state index >= 15 is 0 Å². The number of rotatable bonds is 4. The van der Waals surface area contributed by atoms with Crippen molar-refractivity contribution >= 4 is 17.1 Å². The Labute approximate surface area is 129 Å². The molecule has 0 N–H and O–H groups in total. The molecule has 0 saturated heterocycles. The van der Waals surface area contributed by atoms with Gasteiger partial charge in [0.05, 0.1) is 10.6 Å². The highest BCUT2D eigenvalue weighted by Gasteiger charge is 2.15. The number of aromatic nitrogens is 1. The second kappa shape index (κ2) is 6.22. The first-order valence-electron chi connectivity index (χ1n) is 6.82. The lowest BCUT2D eigenvalue weighted by atomic mass is 10.1. The molecule has 3 nitrogen and oxygen atoms in total. The molecular weight excluding hydrogens is 280 g/mol. The highest BCUT2D eigenvalue weighted by atomic mass is 32.1. The average Bonchev–Trinajstić information content (AvgIpc) is 2.77. The topological polar surface area (TPSA) is 33.2 Å². The summed E-state index contributed by atoms with van der Waals surface area (Å²) in [6.07, 6.45) is 3.35. The van der Waals surface area contributed by atoms with E-state index in [2.05, 4.69) is 37.0 Å². The van der Waals surface area contributed by atoms with E-state index in [9.17, 15) is 4.79 Å². The van der Waals surface area contributed by atoms with Crippen molar-refractivity contribution in [2.45, 2.75) is 20.8 Å². The van der Waals surface area contributed by atoms with Gasteiger partial charge in [-0.2, -0.15) is 0 Å². The molecule has 1 aromatic carbocycles. The number of carbonyl (C=O) groups excluding carboxylic acids is 1. The lowest BCUT2D eigenvalue weighted by Crippen LogP contribution is -2.02. The number of allylic oxidation sites excluding steroid dienone is 1. The number of benzene rings is 1. The minimum absolute atomic E-state index is 0.00900. The predicted molar refractivity (Wildman–Crippen MR) is 88.9 cm³/mol. The van der Waals surface area contributed by atoms with Crippen molar-refractivity contribution in [3.63, 3.8) is 0 Å². The van der Waals surface area contributed by atoms with Crippen LogP contribution in [0, 0.1) is 20.8 Å². The molecule has 0 radical (unpaired) electrons. The highest BCUT2D eigenvalue weighted by molar-refractivity contribution is 7.17. The molecule has 1 heterocycles. The van der Waals surface area contributed by atoms with Crippen LogP contribution in [0.3, 0.4) is 0 Å². The van der Waals surface area contributed by atoms with E-state index in [4.69, 9.17) is 0 Å². The van der Waals surface area contributed by atoms with Crippen molar-refractivity contribution in [1.82, 2.24) is 9.88 Å². The van der Waals surface area contributed by atoms with Crippen LogP contribution >= 0.6 is 11.3 Å². The lowest BCUT2D eigenvalue weighted by Gasteiger charge is -2.03. The summed E-state index contributed by atoms with van der Waals surface area (Å²) < 4.78 is 0. The number of carbonyl (C=O) groups is 1. The van der Waals surface area contributed by atoms with Crippen LogP contribution < -0.4 is 0 Å². The van der Waals surface area contributed by atoms with Gasteiger partial charge in [0, 0.05) is 31.9 Å². The standard InChI is InChI=1S/C17H20N2OS/c1-11-6-7-14(12(2)10-11)17-18-13(3)16(21-17)15(20)8-9-19(4)5/h6-10H,1-5H3. The number of thiazole rings is 1. The Kier molecular flexibility index (Phi) is 4.58. The van der Waals surface area contributed by atoms with Crippen LogP contribution in [0.2, 0.25) is 0 Å². The molecule has 0 fully saturated rings. The van der Waals surface area contributed by atoms with Gasteiger partial charge in [0.2, 0.25) is 0 Å². The summed E-state index contributed by atoms with van der Waals surface area (Å²) in [4.78, 5) is 19.3.